The third-order valence-corrected chi connectivity index (χ3v) is 8.00. The molecule has 1 aromatic carbocycles. The number of nitrogens with zero attached hydrogens (tertiary/aromatic N) is 6. The number of aryl methyl sites for hydroxylation is 1. The van der Waals surface area contributed by atoms with Gasteiger partial charge in [-0.15, -0.1) is 0 Å². The van der Waals surface area contributed by atoms with Crippen LogP contribution < -0.4 is 10.6 Å². The van der Waals surface area contributed by atoms with Crippen molar-refractivity contribution in [3.63, 3.8) is 0 Å². The Morgan fingerprint density at radius 3 is 2.40 bits per heavy atom. The van der Waals surface area contributed by atoms with Crippen molar-refractivity contribution in [2.75, 3.05) is 11.4 Å². The number of hydrogen-bond acceptors (Lipinski definition) is 6. The maximum Gasteiger partial charge on any atom is 0.355 e. The second kappa shape index (κ2) is 10.9. The molecule has 40 heavy (non-hydrogen) atoms. The fourth-order valence-electron chi connectivity index (χ4n) is 5.50. The molecule has 1 aliphatic rings. The van der Waals surface area contributed by atoms with Crippen molar-refractivity contribution in [1.29, 1.82) is 0 Å². The van der Waals surface area contributed by atoms with E-state index in [1.165, 1.54) is 10.6 Å². The minimum absolute atomic E-state index is 0.00266. The standard InChI is InChI=1S/C31H36ClFN6O/c1-16(2)25-27(20(7)34-28(35-25)17(3)4)39-30-22(14-23(32)26(36-30)21-10-8-9-11-24(21)33)29(37-31(39)40)38-15-18(5)12-13-19(38)6/h8-11,14,16-19H,12-13,15H2,1-7H3/t18-,19-/m0/s1. The highest BCUT2D eigenvalue weighted by atomic mass is 35.5. The predicted octanol–water partition coefficient (Wildman–Crippen LogP) is 7.21. The molecule has 3 aromatic heterocycles. The highest BCUT2D eigenvalue weighted by Crippen LogP contribution is 2.37. The van der Waals surface area contributed by atoms with E-state index in [1.54, 1.807) is 24.3 Å². The minimum Gasteiger partial charge on any atom is -0.353 e. The number of rotatable bonds is 5. The van der Waals surface area contributed by atoms with Crippen LogP contribution in [0, 0.1) is 18.7 Å². The van der Waals surface area contributed by atoms with E-state index in [0.717, 1.165) is 25.1 Å². The zero-order valence-electron chi connectivity index (χ0n) is 24.2. The molecule has 1 fully saturated rings. The maximum absolute atomic E-state index is 15.0. The van der Waals surface area contributed by atoms with E-state index in [-0.39, 0.29) is 34.2 Å². The van der Waals surface area contributed by atoms with Crippen molar-refractivity contribution in [3.8, 4) is 16.9 Å². The van der Waals surface area contributed by atoms with Gasteiger partial charge in [0.05, 0.1) is 33.2 Å². The van der Waals surface area contributed by atoms with Crippen molar-refractivity contribution < 1.29 is 4.39 Å². The third kappa shape index (κ3) is 4.98. The summed E-state index contributed by atoms with van der Waals surface area (Å²) in [7, 11) is 0. The van der Waals surface area contributed by atoms with E-state index >= 15 is 0 Å². The molecule has 9 heteroatoms. The summed E-state index contributed by atoms with van der Waals surface area (Å²) in [6.45, 7) is 15.2. The van der Waals surface area contributed by atoms with E-state index < -0.39 is 11.5 Å². The van der Waals surface area contributed by atoms with Gasteiger partial charge >= 0.3 is 5.69 Å². The smallest absolute Gasteiger partial charge is 0.353 e. The molecule has 0 aliphatic carbocycles. The average molecular weight is 563 g/mol. The lowest BCUT2D eigenvalue weighted by Gasteiger charge is -2.38. The quantitative estimate of drug-likeness (QED) is 0.256. The van der Waals surface area contributed by atoms with Gasteiger partial charge in [-0.1, -0.05) is 58.4 Å². The van der Waals surface area contributed by atoms with Crippen LogP contribution in [0.15, 0.2) is 35.1 Å². The zero-order chi connectivity index (χ0) is 28.9. The Hall–Kier alpha value is -3.39. The van der Waals surface area contributed by atoms with Gasteiger partial charge in [-0.2, -0.15) is 4.98 Å². The molecule has 210 valence electrons. The first-order valence-electron chi connectivity index (χ1n) is 14.0. The first-order chi connectivity index (χ1) is 19.0. The number of fused-ring (bicyclic) bond motifs is 1. The maximum atomic E-state index is 15.0. The Morgan fingerprint density at radius 1 is 1.00 bits per heavy atom. The van der Waals surface area contributed by atoms with E-state index in [0.29, 0.717) is 40.0 Å². The predicted molar refractivity (Wildman–Crippen MR) is 159 cm³/mol. The largest absolute Gasteiger partial charge is 0.355 e. The van der Waals surface area contributed by atoms with E-state index in [4.69, 9.17) is 26.6 Å². The van der Waals surface area contributed by atoms with E-state index in [2.05, 4.69) is 23.7 Å². The Balaban J connectivity index is 1.90. The van der Waals surface area contributed by atoms with Gasteiger partial charge in [0.1, 0.15) is 17.5 Å². The normalized spacial score (nSPS) is 17.8. The van der Waals surface area contributed by atoms with Crippen LogP contribution in [0.5, 0.6) is 0 Å². The van der Waals surface area contributed by atoms with Gasteiger partial charge in [0.2, 0.25) is 0 Å². The molecule has 7 nitrogen and oxygen atoms in total. The number of piperidine rings is 1. The van der Waals surface area contributed by atoms with Crippen LogP contribution in [-0.2, 0) is 0 Å². The minimum atomic E-state index is -0.479. The lowest BCUT2D eigenvalue weighted by molar-refractivity contribution is 0.388. The summed E-state index contributed by atoms with van der Waals surface area (Å²) in [5.74, 6) is 1.38. The van der Waals surface area contributed by atoms with E-state index in [9.17, 15) is 9.18 Å². The van der Waals surface area contributed by atoms with Crippen molar-refractivity contribution >= 4 is 28.5 Å². The average Bonchev–Trinajstić information content (AvgIpc) is 2.90. The molecule has 0 unspecified atom stereocenters. The second-order valence-corrected chi connectivity index (χ2v) is 12.0. The summed E-state index contributed by atoms with van der Waals surface area (Å²) in [6, 6.07) is 8.33. The highest BCUT2D eigenvalue weighted by Gasteiger charge is 2.29. The van der Waals surface area contributed by atoms with Crippen molar-refractivity contribution in [2.45, 2.75) is 79.2 Å². The fourth-order valence-corrected chi connectivity index (χ4v) is 5.75. The summed E-state index contributed by atoms with van der Waals surface area (Å²) < 4.78 is 16.5. The molecule has 0 N–H and O–H groups in total. The monoisotopic (exact) mass is 562 g/mol. The molecule has 0 amide bonds. The van der Waals surface area contributed by atoms with Gasteiger partial charge in [0.15, 0.2) is 5.65 Å². The molecule has 5 rings (SSSR count). The van der Waals surface area contributed by atoms with E-state index in [1.807, 2.05) is 34.6 Å². The summed E-state index contributed by atoms with van der Waals surface area (Å²) in [4.78, 5) is 35.4. The van der Waals surface area contributed by atoms with Gasteiger partial charge < -0.3 is 4.90 Å². The van der Waals surface area contributed by atoms with Crippen molar-refractivity contribution in [2.24, 2.45) is 5.92 Å². The van der Waals surface area contributed by atoms with Crippen LogP contribution in [0.2, 0.25) is 5.02 Å². The number of halogens is 2. The number of aromatic nitrogens is 5. The van der Waals surface area contributed by atoms with Crippen LogP contribution in [0.1, 0.15) is 83.4 Å². The summed E-state index contributed by atoms with van der Waals surface area (Å²) >= 11 is 6.80. The molecule has 1 aliphatic heterocycles. The Kier molecular flexibility index (Phi) is 7.66. The zero-order valence-corrected chi connectivity index (χ0v) is 24.9. The van der Waals surface area contributed by atoms with Crippen molar-refractivity contribution in [3.05, 3.63) is 68.9 Å². The molecule has 0 radical (unpaired) electrons. The SMILES string of the molecule is Cc1nc(C(C)C)nc(C(C)C)c1-n1c(=O)nc(N2C[C@@H](C)CC[C@@H]2C)c2cc(Cl)c(-c3ccccc3F)nc21. The third-order valence-electron chi connectivity index (χ3n) is 7.71. The first kappa shape index (κ1) is 28.1. The highest BCUT2D eigenvalue weighted by molar-refractivity contribution is 6.33. The van der Waals surface area contributed by atoms with Crippen LogP contribution in [0.4, 0.5) is 10.2 Å². The fraction of sp³-hybridized carbons (Fsp3) is 0.452. The van der Waals surface area contributed by atoms with Crippen LogP contribution >= 0.6 is 11.6 Å². The molecular weight excluding hydrogens is 527 g/mol. The van der Waals surface area contributed by atoms with Gasteiger partial charge in [-0.05, 0) is 56.7 Å². The molecule has 4 heterocycles. The molecule has 1 saturated heterocycles. The van der Waals surface area contributed by atoms with Crippen molar-refractivity contribution in [1.82, 2.24) is 24.5 Å². The molecule has 2 atom stereocenters. The van der Waals surface area contributed by atoms with Crippen LogP contribution in [0.25, 0.3) is 28.0 Å². The Morgan fingerprint density at radius 2 is 1.73 bits per heavy atom. The number of benzene rings is 1. The number of pyridine rings is 1. The topological polar surface area (TPSA) is 76.8 Å². The van der Waals surface area contributed by atoms with Crippen LogP contribution in [-0.4, -0.2) is 37.1 Å². The number of anilines is 1. The van der Waals surface area contributed by atoms with Gasteiger partial charge in [-0.3, -0.25) is 0 Å². The molecule has 4 aromatic rings. The molecule has 0 saturated carbocycles. The number of hydrogen-bond donors (Lipinski definition) is 0. The summed E-state index contributed by atoms with van der Waals surface area (Å²) in [5, 5.41) is 0.920. The summed E-state index contributed by atoms with van der Waals surface area (Å²) in [5.41, 5.74) is 2.35. The first-order valence-corrected chi connectivity index (χ1v) is 14.4. The van der Waals surface area contributed by atoms with Gasteiger partial charge in [0.25, 0.3) is 0 Å². The second-order valence-electron chi connectivity index (χ2n) is 11.6. The van der Waals surface area contributed by atoms with Crippen LogP contribution in [0.3, 0.4) is 0 Å². The van der Waals surface area contributed by atoms with Gasteiger partial charge in [-0.25, -0.2) is 28.7 Å². The van der Waals surface area contributed by atoms with Gasteiger partial charge in [0, 0.05) is 24.1 Å². The summed E-state index contributed by atoms with van der Waals surface area (Å²) in [6.07, 6.45) is 2.10. The Labute approximate surface area is 239 Å². The molecule has 0 spiro atoms. The molecular formula is C31H36ClFN6O. The lowest BCUT2D eigenvalue weighted by atomic mass is 9.95. The Bertz CT molecular complexity index is 1650. The molecule has 0 bridgehead atoms. The lowest BCUT2D eigenvalue weighted by Crippen LogP contribution is -2.43.